The van der Waals surface area contributed by atoms with Crippen LogP contribution >= 0.6 is 0 Å². The Kier molecular flexibility index (Phi) is 5.51. The molecule has 0 bridgehead atoms. The third-order valence-corrected chi connectivity index (χ3v) is 2.77. The van der Waals surface area contributed by atoms with Gasteiger partial charge < -0.3 is 15.5 Å². The number of nitrogens with zero attached hydrogens (tertiary/aromatic N) is 1. The van der Waals surface area contributed by atoms with Crippen LogP contribution in [0.25, 0.3) is 0 Å². The number of carbonyl (C=O) groups excluding carboxylic acids is 2. The van der Waals surface area contributed by atoms with E-state index >= 15 is 0 Å². The predicted molar refractivity (Wildman–Crippen MR) is 75.9 cm³/mol. The summed E-state index contributed by atoms with van der Waals surface area (Å²) in [6.07, 6.45) is 0. The number of amides is 2. The van der Waals surface area contributed by atoms with E-state index in [0.29, 0.717) is 6.54 Å². The molecule has 5 heteroatoms. The zero-order chi connectivity index (χ0) is 14.4. The average Bonchev–Trinajstić information content (AvgIpc) is 2.34. The summed E-state index contributed by atoms with van der Waals surface area (Å²) in [5.74, 6) is -0.0644. The molecule has 1 unspecified atom stereocenters. The predicted octanol–water partition coefficient (Wildman–Crippen LogP) is 1.38. The SMILES string of the molecule is CC(=O)Nc1cccc(C(C)NCC(=O)N(C)C)c1. The first-order valence-corrected chi connectivity index (χ1v) is 6.21. The molecule has 2 amide bonds. The standard InChI is InChI=1S/C14H21N3O2/c1-10(15-9-14(19)17(3)4)12-6-5-7-13(8-12)16-11(2)18/h5-8,10,15H,9H2,1-4H3,(H,16,18). The number of likely N-dealkylation sites (N-methyl/N-ethyl adjacent to an activating group) is 1. The van der Waals surface area contributed by atoms with Crippen LogP contribution in [-0.4, -0.2) is 37.4 Å². The molecule has 0 heterocycles. The van der Waals surface area contributed by atoms with Crippen molar-refractivity contribution < 1.29 is 9.59 Å². The first-order chi connectivity index (χ1) is 8.90. The van der Waals surface area contributed by atoms with Gasteiger partial charge in [0.1, 0.15) is 0 Å². The van der Waals surface area contributed by atoms with Crippen LogP contribution in [0, 0.1) is 0 Å². The Morgan fingerprint density at radius 1 is 1.32 bits per heavy atom. The van der Waals surface area contributed by atoms with Crippen molar-refractivity contribution in [1.82, 2.24) is 10.2 Å². The van der Waals surface area contributed by atoms with E-state index in [4.69, 9.17) is 0 Å². The lowest BCUT2D eigenvalue weighted by Crippen LogP contribution is -2.34. The molecule has 0 fully saturated rings. The summed E-state index contributed by atoms with van der Waals surface area (Å²) in [7, 11) is 3.46. The molecular weight excluding hydrogens is 242 g/mol. The molecule has 0 saturated carbocycles. The van der Waals surface area contributed by atoms with Gasteiger partial charge in [0.05, 0.1) is 6.54 Å². The van der Waals surface area contributed by atoms with Crippen molar-refractivity contribution in [3.05, 3.63) is 29.8 Å². The molecule has 5 nitrogen and oxygen atoms in total. The lowest BCUT2D eigenvalue weighted by Gasteiger charge is -2.17. The zero-order valence-electron chi connectivity index (χ0n) is 11.9. The summed E-state index contributed by atoms with van der Waals surface area (Å²) in [5.41, 5.74) is 1.79. The van der Waals surface area contributed by atoms with Gasteiger partial charge in [-0.05, 0) is 24.6 Å². The van der Waals surface area contributed by atoms with E-state index in [1.165, 1.54) is 6.92 Å². The van der Waals surface area contributed by atoms with Gasteiger partial charge in [-0.3, -0.25) is 9.59 Å². The first kappa shape index (κ1) is 15.2. The second-order valence-electron chi connectivity index (χ2n) is 4.70. The number of hydrogen-bond donors (Lipinski definition) is 2. The number of benzene rings is 1. The lowest BCUT2D eigenvalue weighted by atomic mass is 10.1. The highest BCUT2D eigenvalue weighted by atomic mass is 16.2. The molecule has 0 radical (unpaired) electrons. The summed E-state index contributed by atoms with van der Waals surface area (Å²) in [6.45, 7) is 3.75. The fraction of sp³-hybridized carbons (Fsp3) is 0.429. The summed E-state index contributed by atoms with van der Waals surface area (Å²) < 4.78 is 0. The maximum Gasteiger partial charge on any atom is 0.236 e. The van der Waals surface area contributed by atoms with E-state index in [9.17, 15) is 9.59 Å². The molecule has 1 aromatic rings. The van der Waals surface area contributed by atoms with E-state index < -0.39 is 0 Å². The quantitative estimate of drug-likeness (QED) is 0.843. The number of carbonyl (C=O) groups is 2. The van der Waals surface area contributed by atoms with E-state index in [2.05, 4.69) is 10.6 Å². The highest BCUT2D eigenvalue weighted by molar-refractivity contribution is 5.88. The molecule has 104 valence electrons. The maximum atomic E-state index is 11.5. The first-order valence-electron chi connectivity index (χ1n) is 6.21. The Morgan fingerprint density at radius 3 is 2.58 bits per heavy atom. The van der Waals surface area contributed by atoms with Gasteiger partial charge in [0.2, 0.25) is 11.8 Å². The van der Waals surface area contributed by atoms with Gasteiger partial charge in [0, 0.05) is 32.7 Å². The van der Waals surface area contributed by atoms with Gasteiger partial charge in [0.15, 0.2) is 0 Å². The van der Waals surface area contributed by atoms with Crippen molar-refractivity contribution in [1.29, 1.82) is 0 Å². The van der Waals surface area contributed by atoms with Gasteiger partial charge in [-0.25, -0.2) is 0 Å². The van der Waals surface area contributed by atoms with E-state index in [-0.39, 0.29) is 17.9 Å². The number of anilines is 1. The Labute approximate surface area is 114 Å². The molecule has 0 saturated heterocycles. The minimum atomic E-state index is -0.0967. The molecule has 0 aliphatic rings. The largest absolute Gasteiger partial charge is 0.348 e. The van der Waals surface area contributed by atoms with Crippen LogP contribution in [-0.2, 0) is 9.59 Å². The van der Waals surface area contributed by atoms with Gasteiger partial charge in [-0.15, -0.1) is 0 Å². The Morgan fingerprint density at radius 2 is 2.00 bits per heavy atom. The minimum Gasteiger partial charge on any atom is -0.348 e. The Hall–Kier alpha value is -1.88. The van der Waals surface area contributed by atoms with Crippen LogP contribution in [0.15, 0.2) is 24.3 Å². The summed E-state index contributed by atoms with van der Waals surface area (Å²) >= 11 is 0. The normalized spacial score (nSPS) is 11.8. The molecule has 19 heavy (non-hydrogen) atoms. The van der Waals surface area contributed by atoms with Crippen molar-refractivity contribution in [2.24, 2.45) is 0 Å². The minimum absolute atomic E-state index is 0.0323. The molecular formula is C14H21N3O2. The van der Waals surface area contributed by atoms with Crippen LogP contribution in [0.3, 0.4) is 0 Å². The monoisotopic (exact) mass is 263 g/mol. The second kappa shape index (κ2) is 6.89. The number of rotatable bonds is 5. The van der Waals surface area contributed by atoms with Gasteiger partial charge >= 0.3 is 0 Å². The summed E-state index contributed by atoms with van der Waals surface area (Å²) in [5, 5.41) is 5.90. The highest BCUT2D eigenvalue weighted by Gasteiger charge is 2.09. The van der Waals surface area contributed by atoms with Crippen LogP contribution in [0.5, 0.6) is 0 Å². The van der Waals surface area contributed by atoms with Crippen molar-refractivity contribution in [2.45, 2.75) is 19.9 Å². The van der Waals surface area contributed by atoms with Crippen molar-refractivity contribution >= 4 is 17.5 Å². The smallest absolute Gasteiger partial charge is 0.236 e. The molecule has 0 spiro atoms. The molecule has 0 aromatic heterocycles. The average molecular weight is 263 g/mol. The molecule has 1 atom stereocenters. The lowest BCUT2D eigenvalue weighted by molar-refractivity contribution is -0.127. The highest BCUT2D eigenvalue weighted by Crippen LogP contribution is 2.17. The fourth-order valence-corrected chi connectivity index (χ4v) is 1.61. The van der Waals surface area contributed by atoms with Crippen LogP contribution in [0.4, 0.5) is 5.69 Å². The van der Waals surface area contributed by atoms with Crippen LogP contribution < -0.4 is 10.6 Å². The van der Waals surface area contributed by atoms with Gasteiger partial charge in [-0.1, -0.05) is 12.1 Å². The maximum absolute atomic E-state index is 11.5. The van der Waals surface area contributed by atoms with Crippen LogP contribution in [0.2, 0.25) is 0 Å². The van der Waals surface area contributed by atoms with Gasteiger partial charge in [0.25, 0.3) is 0 Å². The molecule has 0 aliphatic carbocycles. The van der Waals surface area contributed by atoms with Crippen molar-refractivity contribution in [2.75, 3.05) is 26.0 Å². The van der Waals surface area contributed by atoms with Crippen LogP contribution in [0.1, 0.15) is 25.5 Å². The summed E-state index contributed by atoms with van der Waals surface area (Å²) in [4.78, 5) is 24.1. The molecule has 2 N–H and O–H groups in total. The summed E-state index contributed by atoms with van der Waals surface area (Å²) in [6, 6.07) is 7.62. The fourth-order valence-electron chi connectivity index (χ4n) is 1.61. The van der Waals surface area contributed by atoms with E-state index in [1.807, 2.05) is 31.2 Å². The molecule has 1 aromatic carbocycles. The second-order valence-corrected chi connectivity index (χ2v) is 4.70. The molecule has 1 rings (SSSR count). The Balaban J connectivity index is 2.63. The van der Waals surface area contributed by atoms with E-state index in [0.717, 1.165) is 11.3 Å². The topological polar surface area (TPSA) is 61.4 Å². The third kappa shape index (κ3) is 5.09. The Bertz CT molecular complexity index is 458. The van der Waals surface area contributed by atoms with Crippen molar-refractivity contribution in [3.8, 4) is 0 Å². The van der Waals surface area contributed by atoms with Gasteiger partial charge in [-0.2, -0.15) is 0 Å². The van der Waals surface area contributed by atoms with E-state index in [1.54, 1.807) is 19.0 Å². The zero-order valence-corrected chi connectivity index (χ0v) is 11.9. The third-order valence-electron chi connectivity index (χ3n) is 2.77. The molecule has 0 aliphatic heterocycles. The van der Waals surface area contributed by atoms with Crippen molar-refractivity contribution in [3.63, 3.8) is 0 Å². The number of hydrogen-bond acceptors (Lipinski definition) is 3. The number of nitrogens with one attached hydrogen (secondary N) is 2.